The van der Waals surface area contributed by atoms with E-state index in [2.05, 4.69) is 224 Å². The maximum absolute atomic E-state index is 6.66. The van der Waals surface area contributed by atoms with Gasteiger partial charge in [0, 0.05) is 54.7 Å². The van der Waals surface area contributed by atoms with E-state index < -0.39 is 0 Å². The van der Waals surface area contributed by atoms with Crippen LogP contribution in [0.15, 0.2) is 253 Å². The van der Waals surface area contributed by atoms with Crippen LogP contribution in [0.5, 0.6) is 0 Å². The molecular weight excluding hydrogens is 839 g/mol. The van der Waals surface area contributed by atoms with Crippen molar-refractivity contribution in [2.75, 3.05) is 0 Å². The van der Waals surface area contributed by atoms with Crippen molar-refractivity contribution in [1.29, 1.82) is 0 Å². The standard InChI is InChI=1S/C65H41N3O/c1-4-15-42(16-5-1)44-27-33-47(34-28-44)57-41-58(68-65(67-57)50-37-31-45(32-38-50)43-17-6-2-7-18-43)52-22-14-21-51(39-52)46-29-35-48(36-30-46)61-62-53-23-10-12-25-56(53)66-64(49-19-8-3-9-20-49)55(62)40-60-63(61)54-24-11-13-26-59(54)69-60/h1-41H. The molecule has 4 nitrogen and oxygen atoms in total. The summed E-state index contributed by atoms with van der Waals surface area (Å²) in [5.41, 5.74) is 18.5. The Labute approximate surface area is 399 Å². The SMILES string of the molecule is c1ccc(-c2ccc(-c3cc(-c4cccc(-c5ccc(-c6c7c(cc8c(-c9ccccc9)nc9ccccc9c68)oc6ccccc67)cc5)c4)nc(-c4ccc(-c5ccccc5)cc4)n3)cc2)cc1. The molecule has 69 heavy (non-hydrogen) atoms. The quantitative estimate of drug-likeness (QED) is 0.143. The lowest BCUT2D eigenvalue weighted by molar-refractivity contribution is 0.669. The summed E-state index contributed by atoms with van der Waals surface area (Å²) in [5, 5.41) is 5.51. The molecule has 322 valence electrons. The molecule has 0 saturated carbocycles. The monoisotopic (exact) mass is 879 g/mol. The van der Waals surface area contributed by atoms with E-state index in [1.165, 1.54) is 11.1 Å². The summed E-state index contributed by atoms with van der Waals surface area (Å²) in [6.07, 6.45) is 0. The normalized spacial score (nSPS) is 11.5. The Kier molecular flexibility index (Phi) is 9.80. The number of benzene rings is 10. The van der Waals surface area contributed by atoms with Gasteiger partial charge in [0.15, 0.2) is 5.82 Å². The predicted octanol–water partition coefficient (Wildman–Crippen LogP) is 17.4. The van der Waals surface area contributed by atoms with E-state index in [1.54, 1.807) is 0 Å². The van der Waals surface area contributed by atoms with Crippen LogP contribution in [0.2, 0.25) is 0 Å². The zero-order valence-electron chi connectivity index (χ0n) is 37.4. The minimum Gasteiger partial charge on any atom is -0.456 e. The third kappa shape index (κ3) is 7.32. The predicted molar refractivity (Wildman–Crippen MR) is 286 cm³/mol. The van der Waals surface area contributed by atoms with E-state index in [4.69, 9.17) is 19.4 Å². The van der Waals surface area contributed by atoms with E-state index in [9.17, 15) is 0 Å². The second-order valence-electron chi connectivity index (χ2n) is 17.5. The molecule has 0 N–H and O–H groups in total. The fourth-order valence-electron chi connectivity index (χ4n) is 9.89. The molecule has 13 rings (SSSR count). The van der Waals surface area contributed by atoms with Crippen LogP contribution in [0.3, 0.4) is 0 Å². The first-order valence-electron chi connectivity index (χ1n) is 23.3. The third-order valence-electron chi connectivity index (χ3n) is 13.3. The largest absolute Gasteiger partial charge is 0.456 e. The van der Waals surface area contributed by atoms with E-state index in [0.717, 1.165) is 116 Å². The van der Waals surface area contributed by atoms with Gasteiger partial charge in [-0.3, -0.25) is 0 Å². The van der Waals surface area contributed by atoms with Crippen LogP contribution in [-0.2, 0) is 0 Å². The molecule has 0 radical (unpaired) electrons. The highest BCUT2D eigenvalue weighted by atomic mass is 16.3. The zero-order chi connectivity index (χ0) is 45.7. The summed E-state index contributed by atoms with van der Waals surface area (Å²) in [6, 6.07) is 87.4. The van der Waals surface area contributed by atoms with Gasteiger partial charge in [-0.25, -0.2) is 15.0 Å². The molecule has 0 aliphatic rings. The van der Waals surface area contributed by atoms with Crippen molar-refractivity contribution < 1.29 is 4.42 Å². The Morgan fingerprint density at radius 3 is 1.41 bits per heavy atom. The minimum atomic E-state index is 0.676. The smallest absolute Gasteiger partial charge is 0.160 e. The summed E-state index contributed by atoms with van der Waals surface area (Å²) in [4.78, 5) is 15.7. The second kappa shape index (κ2) is 16.9. The van der Waals surface area contributed by atoms with Crippen LogP contribution in [0.25, 0.3) is 133 Å². The highest BCUT2D eigenvalue weighted by Crippen LogP contribution is 2.46. The number of fused-ring (bicyclic) bond motifs is 6. The number of para-hydroxylation sites is 2. The molecule has 0 fully saturated rings. The van der Waals surface area contributed by atoms with Crippen LogP contribution in [-0.4, -0.2) is 15.0 Å². The molecule has 3 aromatic heterocycles. The molecule has 4 heteroatoms. The van der Waals surface area contributed by atoms with Gasteiger partial charge in [-0.15, -0.1) is 0 Å². The number of hydrogen-bond acceptors (Lipinski definition) is 4. The molecule has 0 aliphatic heterocycles. The van der Waals surface area contributed by atoms with Crippen molar-refractivity contribution in [1.82, 2.24) is 15.0 Å². The number of rotatable bonds is 8. The maximum Gasteiger partial charge on any atom is 0.160 e. The fourth-order valence-corrected chi connectivity index (χ4v) is 9.89. The molecule has 13 aromatic rings. The van der Waals surface area contributed by atoms with Crippen LogP contribution >= 0.6 is 0 Å². The van der Waals surface area contributed by atoms with Gasteiger partial charge in [-0.1, -0.05) is 218 Å². The summed E-state index contributed by atoms with van der Waals surface area (Å²) in [5.74, 6) is 0.676. The molecule has 0 amide bonds. The summed E-state index contributed by atoms with van der Waals surface area (Å²) < 4.78 is 6.66. The number of aromatic nitrogens is 3. The van der Waals surface area contributed by atoms with E-state index >= 15 is 0 Å². The number of furan rings is 1. The van der Waals surface area contributed by atoms with Gasteiger partial charge in [0.25, 0.3) is 0 Å². The van der Waals surface area contributed by atoms with Gasteiger partial charge in [0.2, 0.25) is 0 Å². The average Bonchev–Trinajstić information content (AvgIpc) is 3.81. The van der Waals surface area contributed by atoms with Crippen molar-refractivity contribution in [3.05, 3.63) is 249 Å². The first kappa shape index (κ1) is 40.1. The molecular formula is C65H41N3O. The molecule has 10 aromatic carbocycles. The number of nitrogens with zero attached hydrogens (tertiary/aromatic N) is 3. The highest BCUT2D eigenvalue weighted by molar-refractivity contribution is 6.27. The van der Waals surface area contributed by atoms with Gasteiger partial charge >= 0.3 is 0 Å². The topological polar surface area (TPSA) is 51.8 Å². The second-order valence-corrected chi connectivity index (χ2v) is 17.5. The molecule has 3 heterocycles. The Hall–Kier alpha value is -9.25. The van der Waals surface area contributed by atoms with Gasteiger partial charge in [-0.05, 0) is 69.3 Å². The number of hydrogen-bond donors (Lipinski definition) is 0. The first-order valence-corrected chi connectivity index (χ1v) is 23.3. The lowest BCUT2D eigenvalue weighted by atomic mass is 9.89. The Morgan fingerprint density at radius 1 is 0.261 bits per heavy atom. The fraction of sp³-hybridized carbons (Fsp3) is 0. The summed E-state index contributed by atoms with van der Waals surface area (Å²) in [6.45, 7) is 0. The van der Waals surface area contributed by atoms with Crippen molar-refractivity contribution in [3.8, 4) is 89.7 Å². The van der Waals surface area contributed by atoms with Gasteiger partial charge in [0.05, 0.1) is 22.6 Å². The Morgan fingerprint density at radius 2 is 0.739 bits per heavy atom. The molecule has 0 aliphatic carbocycles. The molecule has 0 atom stereocenters. The van der Waals surface area contributed by atoms with Crippen molar-refractivity contribution >= 4 is 43.6 Å². The van der Waals surface area contributed by atoms with Crippen molar-refractivity contribution in [2.24, 2.45) is 0 Å². The van der Waals surface area contributed by atoms with Crippen LogP contribution < -0.4 is 0 Å². The number of pyridine rings is 1. The van der Waals surface area contributed by atoms with E-state index in [0.29, 0.717) is 5.82 Å². The van der Waals surface area contributed by atoms with Gasteiger partial charge < -0.3 is 4.42 Å². The molecule has 0 bridgehead atoms. The average molecular weight is 880 g/mol. The minimum absolute atomic E-state index is 0.676. The summed E-state index contributed by atoms with van der Waals surface area (Å²) >= 11 is 0. The maximum atomic E-state index is 6.66. The van der Waals surface area contributed by atoms with Crippen molar-refractivity contribution in [3.63, 3.8) is 0 Å². The van der Waals surface area contributed by atoms with E-state index in [1.807, 2.05) is 24.3 Å². The van der Waals surface area contributed by atoms with Gasteiger partial charge in [0.1, 0.15) is 11.2 Å². The highest BCUT2D eigenvalue weighted by Gasteiger charge is 2.22. The van der Waals surface area contributed by atoms with Crippen LogP contribution in [0, 0.1) is 0 Å². The zero-order valence-corrected chi connectivity index (χ0v) is 37.4. The Bertz CT molecular complexity index is 3910. The molecule has 0 spiro atoms. The van der Waals surface area contributed by atoms with Crippen LogP contribution in [0.1, 0.15) is 0 Å². The first-order chi connectivity index (χ1) is 34.2. The third-order valence-corrected chi connectivity index (χ3v) is 13.3. The Balaban J connectivity index is 0.928. The molecule has 0 unspecified atom stereocenters. The van der Waals surface area contributed by atoms with Crippen molar-refractivity contribution in [2.45, 2.75) is 0 Å². The van der Waals surface area contributed by atoms with E-state index in [-0.39, 0.29) is 0 Å². The lowest BCUT2D eigenvalue weighted by Crippen LogP contribution is -1.96. The van der Waals surface area contributed by atoms with Crippen LogP contribution in [0.4, 0.5) is 0 Å². The summed E-state index contributed by atoms with van der Waals surface area (Å²) in [7, 11) is 0. The molecule has 0 saturated heterocycles. The van der Waals surface area contributed by atoms with Gasteiger partial charge in [-0.2, -0.15) is 0 Å². The lowest BCUT2D eigenvalue weighted by Gasteiger charge is -2.16.